The van der Waals surface area contributed by atoms with E-state index in [1.165, 1.54) is 88.3 Å². The van der Waals surface area contributed by atoms with E-state index in [-0.39, 0.29) is 5.75 Å². The number of hydrogen-bond donors (Lipinski definition) is 0. The van der Waals surface area contributed by atoms with Crippen LogP contribution in [0.15, 0.2) is 36.7 Å². The number of unbranched alkanes of at least 4 members (excludes halogenated alkanes) is 4. The van der Waals surface area contributed by atoms with Crippen molar-refractivity contribution >= 4 is 0 Å². The zero-order valence-electron chi connectivity index (χ0n) is 18.7. The van der Waals surface area contributed by atoms with Gasteiger partial charge in [0.2, 0.25) is 0 Å². The third-order valence-electron chi connectivity index (χ3n) is 6.57. The molecule has 1 aromatic heterocycles. The summed E-state index contributed by atoms with van der Waals surface area (Å²) in [7, 11) is 0. The Balaban J connectivity index is 1.37. The van der Waals surface area contributed by atoms with Gasteiger partial charge in [-0.25, -0.2) is 9.97 Å². The second-order valence-electron chi connectivity index (χ2n) is 8.95. The summed E-state index contributed by atoms with van der Waals surface area (Å²) >= 11 is 0. The molecule has 1 aliphatic carbocycles. The minimum Gasteiger partial charge on any atom is -0.435 e. The third kappa shape index (κ3) is 8.19. The molecule has 0 spiro atoms. The van der Waals surface area contributed by atoms with Gasteiger partial charge in [-0.2, -0.15) is 8.78 Å². The smallest absolute Gasteiger partial charge is 0.387 e. The van der Waals surface area contributed by atoms with E-state index in [1.807, 2.05) is 12.4 Å². The molecule has 1 heterocycles. The van der Waals surface area contributed by atoms with Crippen LogP contribution in [-0.2, 0) is 6.42 Å². The first kappa shape index (κ1) is 23.6. The molecular formula is C26H36F2N2O. The van der Waals surface area contributed by atoms with Gasteiger partial charge in [0.25, 0.3) is 0 Å². The summed E-state index contributed by atoms with van der Waals surface area (Å²) in [6.07, 6.45) is 20.0. The molecule has 2 aromatic rings. The highest BCUT2D eigenvalue weighted by atomic mass is 19.3. The molecule has 0 unspecified atom stereocenters. The predicted octanol–water partition coefficient (Wildman–Crippen LogP) is 7.84. The van der Waals surface area contributed by atoms with Crippen LogP contribution in [0, 0.1) is 11.8 Å². The van der Waals surface area contributed by atoms with Crippen LogP contribution in [0.5, 0.6) is 5.75 Å². The van der Waals surface area contributed by atoms with Crippen LogP contribution in [0.25, 0.3) is 11.4 Å². The van der Waals surface area contributed by atoms with Crippen molar-refractivity contribution in [1.29, 1.82) is 0 Å². The van der Waals surface area contributed by atoms with Crippen molar-refractivity contribution in [2.45, 2.75) is 90.6 Å². The second kappa shape index (κ2) is 12.7. The Hall–Kier alpha value is -2.04. The third-order valence-corrected chi connectivity index (χ3v) is 6.57. The van der Waals surface area contributed by atoms with Crippen molar-refractivity contribution in [3.63, 3.8) is 0 Å². The van der Waals surface area contributed by atoms with Gasteiger partial charge in [0.05, 0.1) is 0 Å². The zero-order valence-corrected chi connectivity index (χ0v) is 18.7. The molecule has 3 rings (SSSR count). The first-order valence-electron chi connectivity index (χ1n) is 12.0. The monoisotopic (exact) mass is 430 g/mol. The maximum atomic E-state index is 12.3. The number of nitrogens with zero attached hydrogens (tertiary/aromatic N) is 2. The van der Waals surface area contributed by atoms with Gasteiger partial charge in [-0.3, -0.25) is 0 Å². The Morgan fingerprint density at radius 3 is 2.10 bits per heavy atom. The molecule has 1 fully saturated rings. The average Bonchev–Trinajstić information content (AvgIpc) is 2.79. The second-order valence-corrected chi connectivity index (χ2v) is 8.95. The molecule has 1 aliphatic rings. The van der Waals surface area contributed by atoms with Gasteiger partial charge in [-0.05, 0) is 54.5 Å². The first-order chi connectivity index (χ1) is 15.1. The van der Waals surface area contributed by atoms with E-state index >= 15 is 0 Å². The number of rotatable bonds is 12. The van der Waals surface area contributed by atoms with Crippen LogP contribution in [0.1, 0.15) is 83.1 Å². The molecule has 0 N–H and O–H groups in total. The average molecular weight is 431 g/mol. The Morgan fingerprint density at radius 1 is 0.871 bits per heavy atom. The zero-order chi connectivity index (χ0) is 21.9. The lowest BCUT2D eigenvalue weighted by Crippen LogP contribution is -2.15. The number of ether oxygens (including phenoxy) is 1. The topological polar surface area (TPSA) is 35.0 Å². The lowest BCUT2D eigenvalue weighted by atomic mass is 9.78. The van der Waals surface area contributed by atoms with Crippen LogP contribution in [0.3, 0.4) is 0 Å². The highest BCUT2D eigenvalue weighted by molar-refractivity contribution is 5.55. The molecule has 0 atom stereocenters. The summed E-state index contributed by atoms with van der Waals surface area (Å²) < 4.78 is 28.9. The molecule has 1 aromatic carbocycles. The van der Waals surface area contributed by atoms with Crippen molar-refractivity contribution in [3.8, 4) is 17.1 Å². The van der Waals surface area contributed by atoms with Crippen LogP contribution in [-0.4, -0.2) is 16.6 Å². The summed E-state index contributed by atoms with van der Waals surface area (Å²) in [5.41, 5.74) is 1.96. The normalized spacial score (nSPS) is 19.0. The number of hydrogen-bond acceptors (Lipinski definition) is 3. The van der Waals surface area contributed by atoms with Crippen LogP contribution < -0.4 is 4.74 Å². The molecule has 0 bridgehead atoms. The quantitative estimate of drug-likeness (QED) is 0.322. The Labute approximate surface area is 185 Å². The number of halogens is 2. The van der Waals surface area contributed by atoms with Gasteiger partial charge in [-0.15, -0.1) is 0 Å². The SMILES string of the molecule is CCCCCCCC1CCC(CCc2cnc(-c3ccc(OC(F)F)cc3)nc2)CC1. The summed E-state index contributed by atoms with van der Waals surface area (Å²) in [4.78, 5) is 8.94. The van der Waals surface area contributed by atoms with E-state index in [9.17, 15) is 8.78 Å². The van der Waals surface area contributed by atoms with Crippen LogP contribution in [0.4, 0.5) is 8.78 Å². The molecular weight excluding hydrogens is 394 g/mol. The van der Waals surface area contributed by atoms with E-state index in [0.717, 1.165) is 23.8 Å². The molecule has 170 valence electrons. The van der Waals surface area contributed by atoms with Crippen LogP contribution >= 0.6 is 0 Å². The fourth-order valence-corrected chi connectivity index (χ4v) is 4.63. The highest BCUT2D eigenvalue weighted by Crippen LogP contribution is 2.34. The van der Waals surface area contributed by atoms with Gasteiger partial charge in [-0.1, -0.05) is 71.1 Å². The first-order valence-corrected chi connectivity index (χ1v) is 12.0. The predicted molar refractivity (Wildman–Crippen MR) is 121 cm³/mol. The highest BCUT2D eigenvalue weighted by Gasteiger charge is 2.20. The van der Waals surface area contributed by atoms with E-state index in [1.54, 1.807) is 12.1 Å². The summed E-state index contributed by atoms with van der Waals surface area (Å²) in [6, 6.07) is 6.44. The summed E-state index contributed by atoms with van der Waals surface area (Å²) in [6.45, 7) is -0.538. The van der Waals surface area contributed by atoms with Gasteiger partial charge < -0.3 is 4.74 Å². The molecule has 0 aliphatic heterocycles. The van der Waals surface area contributed by atoms with Crippen molar-refractivity contribution in [3.05, 3.63) is 42.2 Å². The molecule has 31 heavy (non-hydrogen) atoms. The molecule has 0 radical (unpaired) electrons. The largest absolute Gasteiger partial charge is 0.435 e. The Morgan fingerprint density at radius 2 is 1.48 bits per heavy atom. The molecule has 0 saturated heterocycles. The van der Waals surface area contributed by atoms with Crippen molar-refractivity contribution in [2.75, 3.05) is 0 Å². The number of alkyl halides is 2. The fraction of sp³-hybridized carbons (Fsp3) is 0.615. The Bertz CT molecular complexity index is 741. The number of aryl methyl sites for hydroxylation is 1. The molecule has 3 nitrogen and oxygen atoms in total. The standard InChI is InChI=1S/C26H36F2N2O/c1-2-3-4-5-6-7-20-8-10-21(11-9-20)12-13-22-18-29-25(30-19-22)23-14-16-24(17-15-23)31-26(27)28/h14-21,26H,2-13H2,1H3. The fourth-order valence-electron chi connectivity index (χ4n) is 4.63. The van der Waals surface area contributed by atoms with E-state index in [0.29, 0.717) is 5.82 Å². The lowest BCUT2D eigenvalue weighted by Gasteiger charge is -2.28. The molecule has 5 heteroatoms. The Kier molecular flexibility index (Phi) is 9.70. The van der Waals surface area contributed by atoms with Crippen LogP contribution in [0.2, 0.25) is 0 Å². The van der Waals surface area contributed by atoms with Gasteiger partial charge in [0.1, 0.15) is 5.75 Å². The lowest BCUT2D eigenvalue weighted by molar-refractivity contribution is -0.0498. The van der Waals surface area contributed by atoms with Gasteiger partial charge in [0, 0.05) is 18.0 Å². The van der Waals surface area contributed by atoms with Crippen molar-refractivity contribution in [1.82, 2.24) is 9.97 Å². The maximum Gasteiger partial charge on any atom is 0.387 e. The summed E-state index contributed by atoms with van der Waals surface area (Å²) in [5.74, 6) is 2.53. The molecule has 1 saturated carbocycles. The van der Waals surface area contributed by atoms with E-state index in [2.05, 4.69) is 21.6 Å². The minimum atomic E-state index is -2.81. The van der Waals surface area contributed by atoms with Gasteiger partial charge in [0.15, 0.2) is 5.82 Å². The minimum absolute atomic E-state index is 0.140. The van der Waals surface area contributed by atoms with E-state index < -0.39 is 6.61 Å². The molecule has 0 amide bonds. The van der Waals surface area contributed by atoms with E-state index in [4.69, 9.17) is 0 Å². The number of benzene rings is 1. The van der Waals surface area contributed by atoms with Crippen molar-refractivity contribution < 1.29 is 13.5 Å². The number of aromatic nitrogens is 2. The van der Waals surface area contributed by atoms with Gasteiger partial charge >= 0.3 is 6.61 Å². The summed E-state index contributed by atoms with van der Waals surface area (Å²) in [5, 5.41) is 0. The van der Waals surface area contributed by atoms with Crippen molar-refractivity contribution in [2.24, 2.45) is 11.8 Å². The maximum absolute atomic E-state index is 12.3.